The average molecular weight is 306 g/mol. The van der Waals surface area contributed by atoms with Crippen molar-refractivity contribution in [2.24, 2.45) is 0 Å². The van der Waals surface area contributed by atoms with Gasteiger partial charge >= 0.3 is 0 Å². The van der Waals surface area contributed by atoms with Gasteiger partial charge in [-0.3, -0.25) is 9.78 Å². The van der Waals surface area contributed by atoms with Crippen molar-refractivity contribution in [1.82, 2.24) is 19.7 Å². The SMILES string of the molecule is CN(Cc1cccnc1)C(=O)Cc1ccc(-n2cccn2)cc1. The molecule has 1 amide bonds. The smallest absolute Gasteiger partial charge is 0.227 e. The van der Waals surface area contributed by atoms with Crippen LogP contribution >= 0.6 is 0 Å². The predicted molar refractivity (Wildman–Crippen MR) is 88.0 cm³/mol. The lowest BCUT2D eigenvalue weighted by molar-refractivity contribution is -0.129. The molecule has 3 rings (SSSR count). The van der Waals surface area contributed by atoms with Gasteiger partial charge in [0.15, 0.2) is 0 Å². The van der Waals surface area contributed by atoms with Gasteiger partial charge in [-0.1, -0.05) is 18.2 Å². The van der Waals surface area contributed by atoms with Crippen molar-refractivity contribution in [3.63, 3.8) is 0 Å². The van der Waals surface area contributed by atoms with Crippen molar-refractivity contribution in [2.75, 3.05) is 7.05 Å². The molecule has 2 aromatic heterocycles. The minimum Gasteiger partial charge on any atom is -0.341 e. The number of benzene rings is 1. The van der Waals surface area contributed by atoms with Gasteiger partial charge in [-0.2, -0.15) is 5.10 Å². The highest BCUT2D eigenvalue weighted by Crippen LogP contribution is 2.10. The van der Waals surface area contributed by atoms with Gasteiger partial charge in [0.1, 0.15) is 0 Å². The number of pyridine rings is 1. The van der Waals surface area contributed by atoms with Gasteiger partial charge in [-0.15, -0.1) is 0 Å². The summed E-state index contributed by atoms with van der Waals surface area (Å²) in [6.45, 7) is 0.568. The van der Waals surface area contributed by atoms with Crippen LogP contribution in [0, 0.1) is 0 Å². The first-order valence-corrected chi connectivity index (χ1v) is 7.44. The molecule has 0 saturated heterocycles. The summed E-state index contributed by atoms with van der Waals surface area (Å²) in [6.07, 6.45) is 7.53. The molecule has 0 spiro atoms. The normalized spacial score (nSPS) is 10.5. The Morgan fingerprint density at radius 2 is 1.91 bits per heavy atom. The predicted octanol–water partition coefficient (Wildman–Crippen LogP) is 2.47. The van der Waals surface area contributed by atoms with Crippen molar-refractivity contribution in [1.29, 1.82) is 0 Å². The van der Waals surface area contributed by atoms with Crippen LogP contribution in [0.2, 0.25) is 0 Å². The molecular formula is C18H18N4O. The van der Waals surface area contributed by atoms with Gasteiger partial charge in [-0.05, 0) is 35.4 Å². The van der Waals surface area contributed by atoms with E-state index in [1.807, 2.05) is 55.7 Å². The molecule has 5 nitrogen and oxygen atoms in total. The molecule has 0 bridgehead atoms. The minimum atomic E-state index is 0.0840. The van der Waals surface area contributed by atoms with E-state index >= 15 is 0 Å². The number of carbonyl (C=O) groups is 1. The Hall–Kier alpha value is -2.95. The van der Waals surface area contributed by atoms with Crippen LogP contribution in [0.4, 0.5) is 0 Å². The number of carbonyl (C=O) groups excluding carboxylic acids is 1. The van der Waals surface area contributed by atoms with Crippen LogP contribution in [0.1, 0.15) is 11.1 Å². The fourth-order valence-corrected chi connectivity index (χ4v) is 2.35. The molecule has 0 N–H and O–H groups in total. The van der Waals surface area contributed by atoms with Crippen LogP contribution in [0.15, 0.2) is 67.3 Å². The van der Waals surface area contributed by atoms with Gasteiger partial charge in [-0.25, -0.2) is 4.68 Å². The molecule has 0 radical (unpaired) electrons. The second-order valence-corrected chi connectivity index (χ2v) is 5.40. The highest BCUT2D eigenvalue weighted by Gasteiger charge is 2.10. The zero-order chi connectivity index (χ0) is 16.1. The third kappa shape index (κ3) is 3.83. The van der Waals surface area contributed by atoms with Crippen molar-refractivity contribution < 1.29 is 4.79 Å². The summed E-state index contributed by atoms with van der Waals surface area (Å²) in [4.78, 5) is 18.1. The molecule has 0 atom stereocenters. The Labute approximate surface area is 135 Å². The van der Waals surface area contributed by atoms with E-state index in [4.69, 9.17) is 0 Å². The third-order valence-corrected chi connectivity index (χ3v) is 3.63. The minimum absolute atomic E-state index is 0.0840. The van der Waals surface area contributed by atoms with Gasteiger partial charge in [0, 0.05) is 38.4 Å². The average Bonchev–Trinajstić information content (AvgIpc) is 3.11. The van der Waals surface area contributed by atoms with Gasteiger partial charge in [0.05, 0.1) is 12.1 Å². The first kappa shape index (κ1) is 15.0. The van der Waals surface area contributed by atoms with E-state index in [2.05, 4.69) is 10.1 Å². The van der Waals surface area contributed by atoms with Crippen molar-refractivity contribution in [3.8, 4) is 5.69 Å². The maximum atomic E-state index is 12.3. The molecule has 0 aliphatic heterocycles. The van der Waals surface area contributed by atoms with Gasteiger partial charge in [0.2, 0.25) is 5.91 Å². The molecule has 0 fully saturated rings. The monoisotopic (exact) mass is 306 g/mol. The Bertz CT molecular complexity index is 751. The fourth-order valence-electron chi connectivity index (χ4n) is 2.35. The highest BCUT2D eigenvalue weighted by atomic mass is 16.2. The molecule has 0 aliphatic carbocycles. The van der Waals surface area contributed by atoms with Crippen LogP contribution < -0.4 is 0 Å². The number of nitrogens with zero attached hydrogens (tertiary/aromatic N) is 4. The standard InChI is InChI=1S/C18H18N4O/c1-21(14-16-4-2-9-19-13-16)18(23)12-15-5-7-17(8-6-15)22-11-3-10-20-22/h2-11,13H,12,14H2,1H3. The van der Waals surface area contributed by atoms with Crippen molar-refractivity contribution in [2.45, 2.75) is 13.0 Å². The molecule has 0 aliphatic rings. The largest absolute Gasteiger partial charge is 0.341 e. The molecule has 0 unspecified atom stereocenters. The second kappa shape index (κ2) is 6.87. The molecule has 5 heteroatoms. The summed E-state index contributed by atoms with van der Waals surface area (Å²) in [6, 6.07) is 13.6. The zero-order valence-electron chi connectivity index (χ0n) is 13.0. The first-order valence-electron chi connectivity index (χ1n) is 7.44. The summed E-state index contributed by atoms with van der Waals surface area (Å²) < 4.78 is 1.79. The summed E-state index contributed by atoms with van der Waals surface area (Å²) >= 11 is 0. The third-order valence-electron chi connectivity index (χ3n) is 3.63. The zero-order valence-corrected chi connectivity index (χ0v) is 13.0. The lowest BCUT2D eigenvalue weighted by Crippen LogP contribution is -2.27. The quantitative estimate of drug-likeness (QED) is 0.727. The summed E-state index contributed by atoms with van der Waals surface area (Å²) in [5.41, 5.74) is 3.00. The summed E-state index contributed by atoms with van der Waals surface area (Å²) in [5, 5.41) is 4.19. The van der Waals surface area contributed by atoms with Gasteiger partial charge in [0.25, 0.3) is 0 Å². The number of hydrogen-bond acceptors (Lipinski definition) is 3. The lowest BCUT2D eigenvalue weighted by atomic mass is 10.1. The van der Waals surface area contributed by atoms with Crippen LogP contribution in [0.25, 0.3) is 5.69 Å². The van der Waals surface area contributed by atoms with E-state index in [1.54, 1.807) is 28.2 Å². The Morgan fingerprint density at radius 1 is 1.09 bits per heavy atom. The Morgan fingerprint density at radius 3 is 2.57 bits per heavy atom. The lowest BCUT2D eigenvalue weighted by Gasteiger charge is -2.17. The highest BCUT2D eigenvalue weighted by molar-refractivity contribution is 5.78. The number of hydrogen-bond donors (Lipinski definition) is 0. The molecule has 23 heavy (non-hydrogen) atoms. The Kier molecular flexibility index (Phi) is 4.47. The summed E-state index contributed by atoms with van der Waals surface area (Å²) in [5.74, 6) is 0.0840. The number of rotatable bonds is 5. The number of amides is 1. The molecule has 3 aromatic rings. The van der Waals surface area contributed by atoms with Crippen LogP contribution in [-0.2, 0) is 17.8 Å². The van der Waals surface area contributed by atoms with E-state index in [0.29, 0.717) is 13.0 Å². The maximum absolute atomic E-state index is 12.3. The number of likely N-dealkylation sites (N-methyl/N-ethyl adjacent to an activating group) is 1. The fraction of sp³-hybridized carbons (Fsp3) is 0.167. The van der Waals surface area contributed by atoms with Crippen LogP contribution in [-0.4, -0.2) is 32.6 Å². The van der Waals surface area contributed by atoms with Crippen molar-refractivity contribution >= 4 is 5.91 Å². The van der Waals surface area contributed by atoms with Gasteiger partial charge < -0.3 is 4.90 Å². The number of aromatic nitrogens is 3. The van der Waals surface area contributed by atoms with Crippen LogP contribution in [0.3, 0.4) is 0 Å². The first-order chi connectivity index (χ1) is 11.2. The van der Waals surface area contributed by atoms with E-state index in [0.717, 1.165) is 16.8 Å². The van der Waals surface area contributed by atoms with E-state index in [9.17, 15) is 4.79 Å². The molecular weight excluding hydrogens is 288 g/mol. The maximum Gasteiger partial charge on any atom is 0.227 e. The molecule has 116 valence electrons. The molecule has 0 saturated carbocycles. The molecule has 2 heterocycles. The van der Waals surface area contributed by atoms with E-state index < -0.39 is 0 Å². The summed E-state index contributed by atoms with van der Waals surface area (Å²) in [7, 11) is 1.81. The van der Waals surface area contributed by atoms with E-state index in [-0.39, 0.29) is 5.91 Å². The van der Waals surface area contributed by atoms with Crippen molar-refractivity contribution in [3.05, 3.63) is 78.4 Å². The van der Waals surface area contributed by atoms with E-state index in [1.165, 1.54) is 0 Å². The van der Waals surface area contributed by atoms with Crippen LogP contribution in [0.5, 0.6) is 0 Å². The molecule has 1 aromatic carbocycles. The topological polar surface area (TPSA) is 51.0 Å². The Balaban J connectivity index is 1.61. The second-order valence-electron chi connectivity index (χ2n) is 5.40.